The average molecular weight is 274 g/mol. The van der Waals surface area contributed by atoms with Gasteiger partial charge >= 0.3 is 0 Å². The van der Waals surface area contributed by atoms with Gasteiger partial charge in [0.15, 0.2) is 0 Å². The lowest BCUT2D eigenvalue weighted by atomic mass is 10.0. The Morgan fingerprint density at radius 3 is 2.55 bits per heavy atom. The van der Waals surface area contributed by atoms with Gasteiger partial charge in [-0.1, -0.05) is 12.1 Å². The number of benzene rings is 1. The van der Waals surface area contributed by atoms with Crippen molar-refractivity contribution in [2.24, 2.45) is 0 Å². The standard InChI is InChI=1S/C17H26N2O/c1-17(2,3)19-9-7-18(8-10-19)13-14-4-5-16-15(12-14)6-11-20-16/h4-5,12H,6-11,13H2,1-3H3. The SMILES string of the molecule is CC(C)(C)N1CCN(Cc2ccc3c(c2)CCO3)CC1. The number of rotatable bonds is 2. The molecular formula is C17H26N2O. The van der Waals surface area contributed by atoms with Crippen LogP contribution in [0, 0.1) is 0 Å². The summed E-state index contributed by atoms with van der Waals surface area (Å²) in [6, 6.07) is 6.70. The van der Waals surface area contributed by atoms with Gasteiger partial charge in [-0.05, 0) is 38.0 Å². The lowest BCUT2D eigenvalue weighted by Gasteiger charge is -2.42. The molecule has 20 heavy (non-hydrogen) atoms. The second-order valence-electron chi connectivity index (χ2n) is 6.97. The predicted octanol–water partition coefficient (Wildman–Crippen LogP) is 2.54. The van der Waals surface area contributed by atoms with Crippen molar-refractivity contribution in [3.8, 4) is 5.75 Å². The highest BCUT2D eigenvalue weighted by Gasteiger charge is 2.25. The Labute approximate surface area is 122 Å². The third-order valence-corrected chi connectivity index (χ3v) is 4.48. The maximum Gasteiger partial charge on any atom is 0.122 e. The first-order valence-electron chi connectivity index (χ1n) is 7.74. The molecule has 0 saturated carbocycles. The molecule has 0 N–H and O–H groups in total. The molecule has 0 atom stereocenters. The van der Waals surface area contributed by atoms with E-state index in [2.05, 4.69) is 48.8 Å². The van der Waals surface area contributed by atoms with Crippen LogP contribution >= 0.6 is 0 Å². The van der Waals surface area contributed by atoms with Crippen molar-refractivity contribution in [1.29, 1.82) is 0 Å². The largest absolute Gasteiger partial charge is 0.493 e. The summed E-state index contributed by atoms with van der Waals surface area (Å²) in [6.07, 6.45) is 1.07. The minimum absolute atomic E-state index is 0.303. The maximum absolute atomic E-state index is 5.57. The molecule has 0 radical (unpaired) electrons. The van der Waals surface area contributed by atoms with Crippen LogP contribution in [0.4, 0.5) is 0 Å². The third kappa shape index (κ3) is 2.99. The lowest BCUT2D eigenvalue weighted by Crippen LogP contribution is -2.53. The van der Waals surface area contributed by atoms with Gasteiger partial charge in [0.1, 0.15) is 5.75 Å². The van der Waals surface area contributed by atoms with Gasteiger partial charge in [0.05, 0.1) is 6.61 Å². The van der Waals surface area contributed by atoms with Crippen LogP contribution < -0.4 is 4.74 Å². The zero-order valence-corrected chi connectivity index (χ0v) is 13.0. The molecule has 1 aromatic rings. The van der Waals surface area contributed by atoms with Crippen LogP contribution in [0.5, 0.6) is 5.75 Å². The summed E-state index contributed by atoms with van der Waals surface area (Å²) >= 11 is 0. The number of fused-ring (bicyclic) bond motifs is 1. The quantitative estimate of drug-likeness (QED) is 0.824. The van der Waals surface area contributed by atoms with E-state index in [0.717, 1.165) is 25.3 Å². The van der Waals surface area contributed by atoms with E-state index >= 15 is 0 Å². The van der Waals surface area contributed by atoms with E-state index in [1.165, 1.54) is 37.3 Å². The highest BCUT2D eigenvalue weighted by molar-refractivity contribution is 5.39. The molecule has 3 nitrogen and oxygen atoms in total. The molecule has 2 aliphatic rings. The van der Waals surface area contributed by atoms with Crippen LogP contribution in [0.1, 0.15) is 31.9 Å². The van der Waals surface area contributed by atoms with E-state index < -0.39 is 0 Å². The molecule has 1 aromatic carbocycles. The van der Waals surface area contributed by atoms with Gasteiger partial charge in [-0.15, -0.1) is 0 Å². The number of hydrogen-bond acceptors (Lipinski definition) is 3. The Kier molecular flexibility index (Phi) is 3.74. The summed E-state index contributed by atoms with van der Waals surface area (Å²) in [5, 5.41) is 0. The van der Waals surface area contributed by atoms with Crippen LogP contribution in [0.2, 0.25) is 0 Å². The van der Waals surface area contributed by atoms with Gasteiger partial charge in [0.2, 0.25) is 0 Å². The van der Waals surface area contributed by atoms with Crippen molar-refractivity contribution >= 4 is 0 Å². The first-order chi connectivity index (χ1) is 9.52. The van der Waals surface area contributed by atoms with Crippen LogP contribution in [-0.4, -0.2) is 48.1 Å². The van der Waals surface area contributed by atoms with E-state index in [1.807, 2.05) is 0 Å². The van der Waals surface area contributed by atoms with E-state index in [4.69, 9.17) is 4.74 Å². The van der Waals surface area contributed by atoms with Gasteiger partial charge in [-0.25, -0.2) is 0 Å². The molecule has 0 unspecified atom stereocenters. The van der Waals surface area contributed by atoms with Crippen molar-refractivity contribution < 1.29 is 4.74 Å². The van der Waals surface area contributed by atoms with E-state index in [0.29, 0.717) is 5.54 Å². The molecule has 2 heterocycles. The number of nitrogens with zero attached hydrogens (tertiary/aromatic N) is 2. The van der Waals surface area contributed by atoms with Crippen molar-refractivity contribution in [1.82, 2.24) is 9.80 Å². The van der Waals surface area contributed by atoms with Gasteiger partial charge in [-0.2, -0.15) is 0 Å². The van der Waals surface area contributed by atoms with Crippen molar-refractivity contribution in [3.63, 3.8) is 0 Å². The molecule has 1 fully saturated rings. The fraction of sp³-hybridized carbons (Fsp3) is 0.647. The molecule has 0 amide bonds. The summed E-state index contributed by atoms with van der Waals surface area (Å²) in [7, 11) is 0. The fourth-order valence-electron chi connectivity index (χ4n) is 3.17. The molecule has 3 rings (SSSR count). The molecule has 1 saturated heterocycles. The summed E-state index contributed by atoms with van der Waals surface area (Å²) < 4.78 is 5.57. The summed E-state index contributed by atoms with van der Waals surface area (Å²) in [5.74, 6) is 1.09. The zero-order chi connectivity index (χ0) is 14.2. The van der Waals surface area contributed by atoms with Crippen molar-refractivity contribution in [3.05, 3.63) is 29.3 Å². The van der Waals surface area contributed by atoms with Crippen LogP contribution in [-0.2, 0) is 13.0 Å². The Bertz CT molecular complexity index is 470. The van der Waals surface area contributed by atoms with Crippen LogP contribution in [0.25, 0.3) is 0 Å². The number of hydrogen-bond donors (Lipinski definition) is 0. The van der Waals surface area contributed by atoms with Crippen molar-refractivity contribution in [2.45, 2.75) is 39.3 Å². The van der Waals surface area contributed by atoms with Gasteiger partial charge in [-0.3, -0.25) is 9.80 Å². The average Bonchev–Trinajstić information content (AvgIpc) is 2.86. The smallest absolute Gasteiger partial charge is 0.122 e. The van der Waals surface area contributed by atoms with Crippen LogP contribution in [0.15, 0.2) is 18.2 Å². The summed E-state index contributed by atoms with van der Waals surface area (Å²) in [6.45, 7) is 13.6. The minimum Gasteiger partial charge on any atom is -0.493 e. The second-order valence-corrected chi connectivity index (χ2v) is 6.97. The van der Waals surface area contributed by atoms with Gasteiger partial charge in [0.25, 0.3) is 0 Å². The highest BCUT2D eigenvalue weighted by atomic mass is 16.5. The zero-order valence-electron chi connectivity index (χ0n) is 13.0. The van der Waals surface area contributed by atoms with Crippen LogP contribution in [0.3, 0.4) is 0 Å². The maximum atomic E-state index is 5.57. The third-order valence-electron chi connectivity index (χ3n) is 4.48. The Hall–Kier alpha value is -1.06. The number of piperazine rings is 1. The first-order valence-corrected chi connectivity index (χ1v) is 7.74. The van der Waals surface area contributed by atoms with Gasteiger partial charge < -0.3 is 4.74 Å². The molecule has 3 heteroatoms. The number of ether oxygens (including phenoxy) is 1. The summed E-state index contributed by atoms with van der Waals surface area (Å²) in [5.41, 5.74) is 3.12. The Balaban J connectivity index is 1.57. The second kappa shape index (κ2) is 5.38. The first kappa shape index (κ1) is 13.9. The Morgan fingerprint density at radius 1 is 1.10 bits per heavy atom. The van der Waals surface area contributed by atoms with E-state index in [1.54, 1.807) is 0 Å². The minimum atomic E-state index is 0.303. The molecule has 0 aromatic heterocycles. The predicted molar refractivity (Wildman–Crippen MR) is 82.2 cm³/mol. The molecule has 0 bridgehead atoms. The normalized spacial score (nSPS) is 20.8. The molecule has 110 valence electrons. The Morgan fingerprint density at radius 2 is 1.85 bits per heavy atom. The summed E-state index contributed by atoms with van der Waals surface area (Å²) in [4.78, 5) is 5.15. The van der Waals surface area contributed by atoms with E-state index in [-0.39, 0.29) is 0 Å². The topological polar surface area (TPSA) is 15.7 Å². The van der Waals surface area contributed by atoms with E-state index in [9.17, 15) is 0 Å². The molecule has 0 aliphatic carbocycles. The fourth-order valence-corrected chi connectivity index (χ4v) is 3.17. The lowest BCUT2D eigenvalue weighted by molar-refractivity contribution is 0.0591. The molecule has 0 spiro atoms. The molecular weight excluding hydrogens is 248 g/mol. The van der Waals surface area contributed by atoms with Crippen molar-refractivity contribution in [2.75, 3.05) is 32.8 Å². The monoisotopic (exact) mass is 274 g/mol. The molecule has 2 aliphatic heterocycles. The highest BCUT2D eigenvalue weighted by Crippen LogP contribution is 2.26. The van der Waals surface area contributed by atoms with Gasteiger partial charge in [0, 0.05) is 44.7 Å².